The van der Waals surface area contributed by atoms with Crippen LogP contribution >= 0.6 is 11.6 Å². The van der Waals surface area contributed by atoms with Crippen molar-refractivity contribution in [3.05, 3.63) is 24.3 Å². The van der Waals surface area contributed by atoms with E-state index in [0.29, 0.717) is 0 Å². The van der Waals surface area contributed by atoms with Gasteiger partial charge in [-0.25, -0.2) is 0 Å². The number of hydrogen-bond acceptors (Lipinski definition) is 2. The van der Waals surface area contributed by atoms with Crippen LogP contribution in [0.3, 0.4) is 0 Å². The lowest BCUT2D eigenvalue weighted by molar-refractivity contribution is 0.450. The second kappa shape index (κ2) is 10.1. The van der Waals surface area contributed by atoms with Crippen molar-refractivity contribution < 1.29 is 10.2 Å². The predicted octanol–water partition coefficient (Wildman–Crippen LogP) is 2.98. The van der Waals surface area contributed by atoms with Crippen LogP contribution in [0.4, 0.5) is 0 Å². The third-order valence-electron chi connectivity index (χ3n) is 0.830. The number of aromatic hydroxyl groups is 2. The van der Waals surface area contributed by atoms with E-state index in [1.165, 1.54) is 24.6 Å². The molecule has 0 bridgehead atoms. The summed E-state index contributed by atoms with van der Waals surface area (Å²) in [7, 11) is 0. The molecule has 1 aromatic carbocycles. The van der Waals surface area contributed by atoms with Gasteiger partial charge in [0, 0.05) is 12.4 Å². The lowest BCUT2D eigenvalue weighted by Crippen LogP contribution is -1.61. The summed E-state index contributed by atoms with van der Waals surface area (Å²) in [6.07, 6.45) is 1.47. The van der Waals surface area contributed by atoms with Gasteiger partial charge < -0.3 is 10.2 Å². The summed E-state index contributed by atoms with van der Waals surface area (Å²) in [4.78, 5) is 0. The summed E-state index contributed by atoms with van der Waals surface area (Å²) in [5.74, 6) is 0.176. The summed E-state index contributed by atoms with van der Waals surface area (Å²) in [5, 5.41) is 17.3. The molecule has 12 heavy (non-hydrogen) atoms. The molecular weight excluding hydrogens is 176 g/mol. The highest BCUT2D eigenvalue weighted by Gasteiger charge is 1.85. The van der Waals surface area contributed by atoms with Gasteiger partial charge in [0.1, 0.15) is 11.5 Å². The molecule has 0 aliphatic heterocycles. The minimum Gasteiger partial charge on any atom is -0.508 e. The van der Waals surface area contributed by atoms with Crippen molar-refractivity contribution in [3.63, 3.8) is 0 Å². The smallest absolute Gasteiger partial charge is 0.119 e. The van der Waals surface area contributed by atoms with E-state index in [1.807, 2.05) is 13.8 Å². The molecule has 0 heterocycles. The van der Waals surface area contributed by atoms with Gasteiger partial charge >= 0.3 is 0 Å². The molecule has 0 spiro atoms. The quantitative estimate of drug-likeness (QED) is 0.618. The van der Waals surface area contributed by atoms with Crippen LogP contribution in [0.15, 0.2) is 24.3 Å². The van der Waals surface area contributed by atoms with Crippen molar-refractivity contribution in [2.75, 3.05) is 6.38 Å². The van der Waals surface area contributed by atoms with Gasteiger partial charge in [-0.1, -0.05) is 19.9 Å². The molecule has 0 aliphatic rings. The van der Waals surface area contributed by atoms with Gasteiger partial charge in [-0.05, 0) is 12.1 Å². The predicted molar refractivity (Wildman–Crippen MR) is 52.9 cm³/mol. The molecule has 0 amide bonds. The normalized spacial score (nSPS) is 7.00. The molecule has 0 aromatic heterocycles. The van der Waals surface area contributed by atoms with Crippen molar-refractivity contribution in [1.29, 1.82) is 0 Å². The molecule has 3 heteroatoms. The number of phenolic OH excluding ortho intramolecular Hbond substituents is 2. The number of hydrogen-bond donors (Lipinski definition) is 2. The van der Waals surface area contributed by atoms with Crippen LogP contribution < -0.4 is 0 Å². The largest absolute Gasteiger partial charge is 0.508 e. The Morgan fingerprint density at radius 3 is 1.50 bits per heavy atom. The molecule has 0 radical (unpaired) electrons. The molecule has 0 fully saturated rings. The minimum absolute atomic E-state index is 0.0880. The molecule has 0 unspecified atom stereocenters. The average molecular weight is 191 g/mol. The van der Waals surface area contributed by atoms with Crippen LogP contribution in [0.1, 0.15) is 13.8 Å². The number of phenols is 2. The number of halogens is 1. The maximum absolute atomic E-state index is 8.65. The van der Waals surface area contributed by atoms with E-state index in [0.717, 1.165) is 0 Å². The fourth-order valence-corrected chi connectivity index (χ4v) is 0.493. The first kappa shape index (κ1) is 13.7. The second-order valence-corrected chi connectivity index (χ2v) is 1.52. The van der Waals surface area contributed by atoms with Crippen molar-refractivity contribution in [3.8, 4) is 11.5 Å². The fourth-order valence-electron chi connectivity index (χ4n) is 0.493. The summed E-state index contributed by atoms with van der Waals surface area (Å²) < 4.78 is 0. The first-order chi connectivity index (χ1) is 5.79. The maximum atomic E-state index is 8.65. The zero-order chi connectivity index (χ0) is 9.98. The summed E-state index contributed by atoms with van der Waals surface area (Å²) in [5.41, 5.74) is 0. The van der Waals surface area contributed by atoms with Crippen LogP contribution in [-0.2, 0) is 0 Å². The van der Waals surface area contributed by atoms with Crippen molar-refractivity contribution >= 4 is 11.6 Å². The maximum Gasteiger partial charge on any atom is 0.119 e. The molecule has 0 atom stereocenters. The van der Waals surface area contributed by atoms with Crippen LogP contribution in [0, 0.1) is 0 Å². The molecule has 2 N–H and O–H groups in total. The summed E-state index contributed by atoms with van der Waals surface area (Å²) in [6, 6.07) is 5.85. The van der Waals surface area contributed by atoms with E-state index in [2.05, 4.69) is 11.6 Å². The van der Waals surface area contributed by atoms with Gasteiger partial charge in [-0.15, -0.1) is 11.6 Å². The molecule has 1 aromatic rings. The van der Waals surface area contributed by atoms with Crippen molar-refractivity contribution in [1.82, 2.24) is 0 Å². The van der Waals surface area contributed by atoms with Crippen LogP contribution in [0.25, 0.3) is 0 Å². The first-order valence-corrected chi connectivity index (χ1v) is 4.40. The highest BCUT2D eigenvalue weighted by molar-refractivity contribution is 6.15. The first-order valence-electron chi connectivity index (χ1n) is 3.65. The second-order valence-electron chi connectivity index (χ2n) is 1.52. The molecule has 70 valence electrons. The highest BCUT2D eigenvalue weighted by atomic mass is 35.5. The Morgan fingerprint density at radius 1 is 1.00 bits per heavy atom. The van der Waals surface area contributed by atoms with Crippen molar-refractivity contribution in [2.45, 2.75) is 13.8 Å². The SMILES string of the molecule is CC.CCl.Oc1cccc(O)c1. The monoisotopic (exact) mass is 190 g/mol. The molecule has 2 nitrogen and oxygen atoms in total. The topological polar surface area (TPSA) is 40.5 Å². The fraction of sp³-hybridized carbons (Fsp3) is 0.333. The van der Waals surface area contributed by atoms with Gasteiger partial charge in [0.2, 0.25) is 0 Å². The van der Waals surface area contributed by atoms with Gasteiger partial charge in [-0.3, -0.25) is 0 Å². The number of rotatable bonds is 0. The number of alkyl halides is 1. The minimum atomic E-state index is 0.0880. The Balaban J connectivity index is 0. The zero-order valence-electron chi connectivity index (χ0n) is 7.58. The van der Waals surface area contributed by atoms with Gasteiger partial charge in [0.15, 0.2) is 0 Å². The Hall–Kier alpha value is -0.890. The van der Waals surface area contributed by atoms with E-state index in [1.54, 1.807) is 6.07 Å². The molecular formula is C9H15ClO2. The molecule has 1 rings (SSSR count). The van der Waals surface area contributed by atoms with Crippen LogP contribution in [-0.4, -0.2) is 16.6 Å². The van der Waals surface area contributed by atoms with E-state index in [9.17, 15) is 0 Å². The van der Waals surface area contributed by atoms with Crippen LogP contribution in [0.2, 0.25) is 0 Å². The third kappa shape index (κ3) is 7.22. The Bertz CT molecular complexity index is 172. The lowest BCUT2D eigenvalue weighted by Gasteiger charge is -1.89. The lowest BCUT2D eigenvalue weighted by atomic mass is 10.3. The Labute approximate surface area is 78.4 Å². The number of benzene rings is 1. The molecule has 0 aliphatic carbocycles. The van der Waals surface area contributed by atoms with Gasteiger partial charge in [0.05, 0.1) is 0 Å². The van der Waals surface area contributed by atoms with Gasteiger partial charge in [-0.2, -0.15) is 0 Å². The standard InChI is InChI=1S/C6H6O2.C2H6.CH3Cl/c7-5-2-1-3-6(8)4-5;2*1-2/h1-4,7-8H;1-2H3;1H3. The van der Waals surface area contributed by atoms with E-state index in [-0.39, 0.29) is 11.5 Å². The van der Waals surface area contributed by atoms with Crippen LogP contribution in [0.5, 0.6) is 11.5 Å². The van der Waals surface area contributed by atoms with E-state index < -0.39 is 0 Å². The van der Waals surface area contributed by atoms with E-state index >= 15 is 0 Å². The third-order valence-corrected chi connectivity index (χ3v) is 0.830. The zero-order valence-corrected chi connectivity index (χ0v) is 8.34. The average Bonchev–Trinajstić information content (AvgIpc) is 2.11. The van der Waals surface area contributed by atoms with Crippen molar-refractivity contribution in [2.24, 2.45) is 0 Å². The Morgan fingerprint density at radius 2 is 1.33 bits per heavy atom. The summed E-state index contributed by atoms with van der Waals surface area (Å²) in [6.45, 7) is 4.00. The molecule has 0 saturated carbocycles. The Kier molecular flexibility index (Phi) is 11.5. The highest BCUT2D eigenvalue weighted by Crippen LogP contribution is 2.14. The van der Waals surface area contributed by atoms with E-state index in [4.69, 9.17) is 10.2 Å². The van der Waals surface area contributed by atoms with Gasteiger partial charge in [0.25, 0.3) is 0 Å². The summed E-state index contributed by atoms with van der Waals surface area (Å²) >= 11 is 4.64. The molecule has 0 saturated heterocycles.